The Labute approximate surface area is 121 Å². The largest absolute Gasteiger partial charge is 0.367 e. The molecule has 1 amide bonds. The maximum absolute atomic E-state index is 12.3. The predicted molar refractivity (Wildman–Crippen MR) is 75.3 cm³/mol. The minimum atomic E-state index is -1.20. The number of amides is 1. The second-order valence-corrected chi connectivity index (χ2v) is 4.44. The average Bonchev–Trinajstić information content (AvgIpc) is 2.68. The van der Waals surface area contributed by atoms with Crippen molar-refractivity contribution in [1.82, 2.24) is 14.9 Å². The topological polar surface area (TPSA) is 78.7 Å². The van der Waals surface area contributed by atoms with E-state index in [1.807, 2.05) is 6.92 Å². The molecule has 1 aromatic rings. The molecule has 7 heteroatoms. The molecule has 20 heavy (non-hydrogen) atoms. The molecule has 0 radical (unpaired) electrons. The first-order chi connectivity index (χ1) is 9.56. The van der Waals surface area contributed by atoms with Gasteiger partial charge in [0.15, 0.2) is 11.9 Å². The van der Waals surface area contributed by atoms with E-state index >= 15 is 0 Å². The fraction of sp³-hybridized carbons (Fsp3) is 0.231. The van der Waals surface area contributed by atoms with E-state index in [1.54, 1.807) is 0 Å². The fourth-order valence-electron chi connectivity index (χ4n) is 1.82. The lowest BCUT2D eigenvalue weighted by Crippen LogP contribution is -2.33. The summed E-state index contributed by atoms with van der Waals surface area (Å²) in [7, 11) is 0. The van der Waals surface area contributed by atoms with Crippen LogP contribution in [0.1, 0.15) is 29.3 Å². The third kappa shape index (κ3) is 2.61. The van der Waals surface area contributed by atoms with Crippen molar-refractivity contribution in [3.63, 3.8) is 0 Å². The molecule has 0 aliphatic carbocycles. The number of aliphatic imine (C=N–C) groups is 1. The van der Waals surface area contributed by atoms with Crippen molar-refractivity contribution in [2.45, 2.75) is 13.2 Å². The number of allylic oxidation sites excluding steroid dienone is 2. The number of aliphatic hydroxyl groups is 1. The summed E-state index contributed by atoms with van der Waals surface area (Å²) in [4.78, 5) is 25.5. The van der Waals surface area contributed by atoms with Gasteiger partial charge in [0.2, 0.25) is 0 Å². The number of aliphatic hydroxyl groups excluding tert-OH is 1. The Morgan fingerprint density at radius 3 is 2.85 bits per heavy atom. The lowest BCUT2D eigenvalue weighted by atomic mass is 10.3. The van der Waals surface area contributed by atoms with Crippen molar-refractivity contribution in [2.24, 2.45) is 4.99 Å². The molecular weight excluding hydrogens is 280 g/mol. The lowest BCUT2D eigenvalue weighted by molar-refractivity contribution is 0.0473. The smallest absolute Gasteiger partial charge is 0.282 e. The molecule has 0 aromatic carbocycles. The summed E-state index contributed by atoms with van der Waals surface area (Å²) in [6.45, 7) is 5.79. The first-order valence-corrected chi connectivity index (χ1v) is 6.33. The van der Waals surface area contributed by atoms with Crippen LogP contribution in [0.25, 0.3) is 0 Å². The van der Waals surface area contributed by atoms with Gasteiger partial charge >= 0.3 is 0 Å². The molecule has 0 saturated heterocycles. The minimum absolute atomic E-state index is 0.127. The number of carbonyl (C=O) groups excluding carboxylic acids is 1. The number of nitrogens with zero attached hydrogens (tertiary/aromatic N) is 4. The molecule has 1 aromatic heterocycles. The Hall–Kier alpha value is -2.05. The number of hydrogen-bond acceptors (Lipinski definition) is 5. The predicted octanol–water partition coefficient (Wildman–Crippen LogP) is 1.65. The van der Waals surface area contributed by atoms with E-state index in [-0.39, 0.29) is 17.2 Å². The normalized spacial score (nSPS) is 18.8. The first kappa shape index (κ1) is 14.4. The Kier molecular flexibility index (Phi) is 4.26. The van der Waals surface area contributed by atoms with E-state index in [2.05, 4.69) is 21.5 Å². The van der Waals surface area contributed by atoms with Crippen molar-refractivity contribution in [3.8, 4) is 0 Å². The molecule has 2 heterocycles. The zero-order valence-corrected chi connectivity index (χ0v) is 11.6. The summed E-state index contributed by atoms with van der Waals surface area (Å²) < 4.78 is 0. The quantitative estimate of drug-likeness (QED) is 0.522. The lowest BCUT2D eigenvalue weighted by Gasteiger charge is -2.19. The average molecular weight is 293 g/mol. The second-order valence-electron chi connectivity index (χ2n) is 3.95. The van der Waals surface area contributed by atoms with Crippen molar-refractivity contribution >= 4 is 23.3 Å². The van der Waals surface area contributed by atoms with Gasteiger partial charge in [-0.25, -0.2) is 4.98 Å². The van der Waals surface area contributed by atoms with E-state index in [4.69, 9.17) is 11.6 Å². The fourth-order valence-corrected chi connectivity index (χ4v) is 1.88. The highest BCUT2D eigenvalue weighted by Crippen LogP contribution is 2.28. The highest BCUT2D eigenvalue weighted by Gasteiger charge is 2.40. The summed E-state index contributed by atoms with van der Waals surface area (Å²) in [5, 5.41) is 10.5. The third-order valence-corrected chi connectivity index (χ3v) is 2.74. The van der Waals surface area contributed by atoms with Crippen LogP contribution >= 0.6 is 11.6 Å². The van der Waals surface area contributed by atoms with Gasteiger partial charge in [-0.05, 0) is 19.1 Å². The molecule has 1 aliphatic heterocycles. The van der Waals surface area contributed by atoms with Gasteiger partial charge in [-0.3, -0.25) is 19.7 Å². The molecule has 0 spiro atoms. The molecule has 6 nitrogen and oxygen atoms in total. The van der Waals surface area contributed by atoms with Crippen LogP contribution in [0.15, 0.2) is 41.1 Å². The van der Waals surface area contributed by atoms with Crippen LogP contribution < -0.4 is 0 Å². The number of fused-ring (bicyclic) bond motifs is 1. The summed E-state index contributed by atoms with van der Waals surface area (Å²) in [6.07, 6.45) is 4.64. The van der Waals surface area contributed by atoms with Crippen LogP contribution in [-0.2, 0) is 0 Å². The highest BCUT2D eigenvalue weighted by atomic mass is 35.5. The molecule has 0 bridgehead atoms. The van der Waals surface area contributed by atoms with Crippen molar-refractivity contribution in [2.75, 3.05) is 6.54 Å². The molecule has 0 fully saturated rings. The van der Waals surface area contributed by atoms with Crippen molar-refractivity contribution in [3.05, 3.63) is 47.5 Å². The van der Waals surface area contributed by atoms with Gasteiger partial charge in [-0.15, -0.1) is 0 Å². The summed E-state index contributed by atoms with van der Waals surface area (Å²) >= 11 is 5.66. The number of rotatable bonds is 3. The number of amidine groups is 1. The Morgan fingerprint density at radius 1 is 1.55 bits per heavy atom. The SMILES string of the molecule is C=C(Cl)/C=C\C(=NCC)N1C(=O)c2nccnc2C1O. The van der Waals surface area contributed by atoms with E-state index < -0.39 is 12.1 Å². The summed E-state index contributed by atoms with van der Waals surface area (Å²) in [5.74, 6) is -0.163. The molecule has 104 valence electrons. The first-order valence-electron chi connectivity index (χ1n) is 5.95. The Bertz CT molecular complexity index is 612. The van der Waals surface area contributed by atoms with Crippen molar-refractivity contribution < 1.29 is 9.90 Å². The number of hydrogen-bond donors (Lipinski definition) is 1. The maximum Gasteiger partial charge on any atom is 0.282 e. The molecule has 1 atom stereocenters. The third-order valence-electron chi connectivity index (χ3n) is 2.62. The standard InChI is InChI=1S/C13H13ClN4O2/c1-3-15-9(5-4-8(2)14)18-12(19)10-11(13(18)20)17-7-6-16-10/h4-7,12,19H,2-3H2,1H3/b5-4-,15-9?. The monoisotopic (exact) mass is 292 g/mol. The van der Waals surface area contributed by atoms with Crippen LogP contribution in [0.2, 0.25) is 0 Å². The van der Waals surface area contributed by atoms with Gasteiger partial charge < -0.3 is 5.11 Å². The maximum atomic E-state index is 12.3. The number of carbonyl (C=O) groups is 1. The van der Waals surface area contributed by atoms with Crippen LogP contribution in [0.3, 0.4) is 0 Å². The second kappa shape index (κ2) is 5.94. The van der Waals surface area contributed by atoms with Gasteiger partial charge in [-0.2, -0.15) is 0 Å². The van der Waals surface area contributed by atoms with E-state index in [0.29, 0.717) is 11.6 Å². The Balaban J connectivity index is 2.40. The van der Waals surface area contributed by atoms with E-state index in [0.717, 1.165) is 4.90 Å². The summed E-state index contributed by atoms with van der Waals surface area (Å²) in [5.41, 5.74) is 0.348. The van der Waals surface area contributed by atoms with E-state index in [9.17, 15) is 9.90 Å². The van der Waals surface area contributed by atoms with E-state index in [1.165, 1.54) is 24.5 Å². The molecule has 2 rings (SSSR count). The van der Waals surface area contributed by atoms with Gasteiger partial charge in [0, 0.05) is 24.0 Å². The van der Waals surface area contributed by atoms with Crippen LogP contribution in [0, 0.1) is 0 Å². The molecule has 0 saturated carbocycles. The molecule has 1 aliphatic rings. The summed E-state index contributed by atoms with van der Waals surface area (Å²) in [6, 6.07) is 0. The van der Waals surface area contributed by atoms with Gasteiger partial charge in [-0.1, -0.05) is 18.2 Å². The van der Waals surface area contributed by atoms with Gasteiger partial charge in [0.25, 0.3) is 5.91 Å². The van der Waals surface area contributed by atoms with Crippen LogP contribution in [0.4, 0.5) is 0 Å². The molecule has 1 unspecified atom stereocenters. The van der Waals surface area contributed by atoms with Gasteiger partial charge in [0.05, 0.1) is 0 Å². The highest BCUT2D eigenvalue weighted by molar-refractivity contribution is 6.31. The zero-order chi connectivity index (χ0) is 14.7. The molecule has 1 N–H and O–H groups in total. The Morgan fingerprint density at radius 2 is 2.25 bits per heavy atom. The van der Waals surface area contributed by atoms with Crippen LogP contribution in [-0.4, -0.2) is 38.3 Å². The number of halogens is 1. The number of aromatic nitrogens is 2. The molecular formula is C13H13ClN4O2. The minimum Gasteiger partial charge on any atom is -0.367 e. The van der Waals surface area contributed by atoms with Crippen molar-refractivity contribution in [1.29, 1.82) is 0 Å². The van der Waals surface area contributed by atoms with Gasteiger partial charge in [0.1, 0.15) is 11.5 Å². The zero-order valence-electron chi connectivity index (χ0n) is 10.8. The van der Waals surface area contributed by atoms with Crippen LogP contribution in [0.5, 0.6) is 0 Å².